The fourth-order valence-corrected chi connectivity index (χ4v) is 4.63. The van der Waals surface area contributed by atoms with E-state index < -0.39 is 21.6 Å². The Kier molecular flexibility index (Phi) is 17.1. The van der Waals surface area contributed by atoms with Gasteiger partial charge in [-0.05, 0) is 38.5 Å². The summed E-state index contributed by atoms with van der Waals surface area (Å²) in [6.07, 6.45) is 7.76. The van der Waals surface area contributed by atoms with Crippen molar-refractivity contribution < 1.29 is 13.2 Å². The molecule has 0 aliphatic heterocycles. The lowest BCUT2D eigenvalue weighted by molar-refractivity contribution is 0.240. The molecule has 2 amide bonds. The van der Waals surface area contributed by atoms with Crippen LogP contribution in [0, 0.1) is 0 Å². The van der Waals surface area contributed by atoms with E-state index in [0.29, 0.717) is 13.1 Å². The van der Waals surface area contributed by atoms with Crippen molar-refractivity contribution in [2.24, 2.45) is 0 Å². The Hall–Kier alpha value is -0.430. The van der Waals surface area contributed by atoms with E-state index in [1.54, 1.807) is 0 Å². The molecule has 0 saturated heterocycles. The van der Waals surface area contributed by atoms with E-state index in [9.17, 15) is 13.2 Å². The Morgan fingerprint density at radius 2 is 1.08 bits per heavy atom. The molecule has 0 spiro atoms. The predicted octanol–water partition coefficient (Wildman–Crippen LogP) is 2.94. The molecule has 5 nitrogen and oxygen atoms in total. The molecule has 0 heterocycles. The summed E-state index contributed by atoms with van der Waals surface area (Å²) in [6.45, 7) is 5.44. The number of rotatable bonds is 16. The molecule has 24 heavy (non-hydrogen) atoms. The number of nitrogens with one attached hydrogen (secondary N) is 2. The van der Waals surface area contributed by atoms with Gasteiger partial charge in [0.1, 0.15) is 0 Å². The SMILES string of the molecule is CCCS(=O)CCCCCNC(=O)NCCCCCS(=O)CCC. The Balaban J connectivity index is 3.32. The van der Waals surface area contributed by atoms with E-state index in [1.807, 2.05) is 13.8 Å². The van der Waals surface area contributed by atoms with Gasteiger partial charge in [0.15, 0.2) is 0 Å². The number of carbonyl (C=O) groups is 1. The van der Waals surface area contributed by atoms with Crippen molar-refractivity contribution in [2.75, 3.05) is 36.1 Å². The van der Waals surface area contributed by atoms with Gasteiger partial charge in [0.05, 0.1) is 0 Å². The fourth-order valence-electron chi connectivity index (χ4n) is 2.26. The minimum Gasteiger partial charge on any atom is -0.338 e. The average molecular weight is 381 g/mol. The molecule has 0 aliphatic carbocycles. The van der Waals surface area contributed by atoms with Crippen LogP contribution < -0.4 is 10.6 Å². The molecule has 0 rings (SSSR count). The number of urea groups is 1. The smallest absolute Gasteiger partial charge is 0.314 e. The summed E-state index contributed by atoms with van der Waals surface area (Å²) in [5.41, 5.74) is 0. The van der Waals surface area contributed by atoms with Gasteiger partial charge in [0.25, 0.3) is 0 Å². The van der Waals surface area contributed by atoms with Crippen LogP contribution in [0.4, 0.5) is 4.79 Å². The molecule has 2 atom stereocenters. The molecule has 0 fully saturated rings. The topological polar surface area (TPSA) is 75.3 Å². The van der Waals surface area contributed by atoms with Crippen LogP contribution in [0.25, 0.3) is 0 Å². The first-order chi connectivity index (χ1) is 11.6. The first kappa shape index (κ1) is 23.6. The van der Waals surface area contributed by atoms with Gasteiger partial charge in [-0.1, -0.05) is 26.7 Å². The average Bonchev–Trinajstić information content (AvgIpc) is 2.54. The minimum absolute atomic E-state index is 0.112. The van der Waals surface area contributed by atoms with Gasteiger partial charge in [-0.15, -0.1) is 0 Å². The molecule has 0 radical (unpaired) electrons. The normalized spacial score (nSPS) is 13.4. The zero-order valence-corrected chi connectivity index (χ0v) is 17.1. The summed E-state index contributed by atoms with van der Waals surface area (Å²) in [5.74, 6) is 3.16. The molecule has 0 aromatic rings. The largest absolute Gasteiger partial charge is 0.338 e. The zero-order valence-electron chi connectivity index (χ0n) is 15.4. The van der Waals surface area contributed by atoms with Crippen LogP contribution in [0.1, 0.15) is 65.2 Å². The summed E-state index contributed by atoms with van der Waals surface area (Å²) < 4.78 is 22.9. The van der Waals surface area contributed by atoms with E-state index >= 15 is 0 Å². The van der Waals surface area contributed by atoms with E-state index in [-0.39, 0.29) is 6.03 Å². The van der Waals surface area contributed by atoms with Crippen LogP contribution in [-0.4, -0.2) is 50.5 Å². The third-order valence-electron chi connectivity index (χ3n) is 3.53. The van der Waals surface area contributed by atoms with E-state index in [1.165, 1.54) is 0 Å². The highest BCUT2D eigenvalue weighted by atomic mass is 32.2. The van der Waals surface area contributed by atoms with Crippen molar-refractivity contribution in [3.8, 4) is 0 Å². The quantitative estimate of drug-likeness (QED) is 0.404. The van der Waals surface area contributed by atoms with Crippen LogP contribution in [0.5, 0.6) is 0 Å². The molecule has 0 aromatic heterocycles. The molecule has 0 aromatic carbocycles. The summed E-state index contributed by atoms with van der Waals surface area (Å²) in [5, 5.41) is 5.69. The maximum absolute atomic E-state index is 11.6. The van der Waals surface area contributed by atoms with E-state index in [4.69, 9.17) is 0 Å². The van der Waals surface area contributed by atoms with Crippen molar-refractivity contribution in [2.45, 2.75) is 65.2 Å². The third kappa shape index (κ3) is 16.4. The summed E-state index contributed by atoms with van der Waals surface area (Å²) in [6, 6.07) is -0.112. The van der Waals surface area contributed by atoms with Crippen molar-refractivity contribution >= 4 is 27.6 Å². The van der Waals surface area contributed by atoms with Gasteiger partial charge in [-0.25, -0.2) is 4.79 Å². The molecule has 0 saturated carbocycles. The molecule has 7 heteroatoms. The second kappa shape index (κ2) is 17.4. The molecule has 144 valence electrons. The molecule has 2 N–H and O–H groups in total. The van der Waals surface area contributed by atoms with Gasteiger partial charge < -0.3 is 10.6 Å². The van der Waals surface area contributed by atoms with Crippen LogP contribution in [0.2, 0.25) is 0 Å². The number of carbonyl (C=O) groups excluding carboxylic acids is 1. The highest BCUT2D eigenvalue weighted by Crippen LogP contribution is 1.99. The van der Waals surface area contributed by atoms with Crippen molar-refractivity contribution in [1.82, 2.24) is 10.6 Å². The van der Waals surface area contributed by atoms with E-state index in [0.717, 1.165) is 74.4 Å². The Bertz CT molecular complexity index is 334. The lowest BCUT2D eigenvalue weighted by atomic mass is 10.2. The highest BCUT2D eigenvalue weighted by molar-refractivity contribution is 7.85. The second-order valence-electron chi connectivity index (χ2n) is 6.00. The molecule has 2 unspecified atom stereocenters. The Morgan fingerprint density at radius 1 is 0.667 bits per heavy atom. The second-order valence-corrected chi connectivity index (χ2v) is 9.39. The van der Waals surface area contributed by atoms with Gasteiger partial charge in [-0.2, -0.15) is 0 Å². The van der Waals surface area contributed by atoms with Gasteiger partial charge in [-0.3, -0.25) is 8.42 Å². The zero-order chi connectivity index (χ0) is 18.0. The van der Waals surface area contributed by atoms with Crippen LogP contribution >= 0.6 is 0 Å². The fraction of sp³-hybridized carbons (Fsp3) is 0.941. The van der Waals surface area contributed by atoms with Crippen molar-refractivity contribution in [1.29, 1.82) is 0 Å². The summed E-state index contributed by atoms with van der Waals surface area (Å²) in [7, 11) is -1.33. The molecule has 0 aliphatic rings. The Morgan fingerprint density at radius 3 is 1.46 bits per heavy atom. The first-order valence-corrected chi connectivity index (χ1v) is 12.3. The number of hydrogen-bond donors (Lipinski definition) is 2. The van der Waals surface area contributed by atoms with Gasteiger partial charge >= 0.3 is 6.03 Å². The maximum atomic E-state index is 11.6. The van der Waals surface area contributed by atoms with Crippen LogP contribution in [-0.2, 0) is 21.6 Å². The Labute approximate surface area is 153 Å². The van der Waals surface area contributed by atoms with E-state index in [2.05, 4.69) is 10.6 Å². The monoisotopic (exact) mass is 380 g/mol. The predicted molar refractivity (Wildman–Crippen MR) is 105 cm³/mol. The van der Waals surface area contributed by atoms with Crippen LogP contribution in [0.15, 0.2) is 0 Å². The number of amides is 2. The minimum atomic E-state index is -0.665. The number of hydrogen-bond acceptors (Lipinski definition) is 3. The third-order valence-corrected chi connectivity index (χ3v) is 6.75. The molecule has 0 bridgehead atoms. The molecular formula is C17H36N2O3S2. The van der Waals surface area contributed by atoms with Crippen molar-refractivity contribution in [3.63, 3.8) is 0 Å². The number of unbranched alkanes of at least 4 members (excludes halogenated alkanes) is 4. The lowest BCUT2D eigenvalue weighted by Gasteiger charge is -2.07. The lowest BCUT2D eigenvalue weighted by Crippen LogP contribution is -2.36. The summed E-state index contributed by atoms with van der Waals surface area (Å²) in [4.78, 5) is 11.6. The highest BCUT2D eigenvalue weighted by Gasteiger charge is 2.01. The van der Waals surface area contributed by atoms with Crippen molar-refractivity contribution in [3.05, 3.63) is 0 Å². The standard InChI is InChI=1S/C17H36N2O3S2/c1-3-13-23(21)15-9-5-7-11-18-17(20)19-12-8-6-10-16-24(22)14-4-2/h3-16H2,1-2H3,(H2,18,19,20). The molecular weight excluding hydrogens is 344 g/mol. The van der Waals surface area contributed by atoms with Gasteiger partial charge in [0.2, 0.25) is 0 Å². The maximum Gasteiger partial charge on any atom is 0.314 e. The summed E-state index contributed by atoms with van der Waals surface area (Å²) >= 11 is 0. The van der Waals surface area contributed by atoms with Crippen LogP contribution in [0.3, 0.4) is 0 Å². The first-order valence-electron chi connectivity index (χ1n) is 9.31. The van der Waals surface area contributed by atoms with Gasteiger partial charge in [0, 0.05) is 57.7 Å².